The Morgan fingerprint density at radius 3 is 2.64 bits per heavy atom. The number of anilines is 1. The van der Waals surface area contributed by atoms with E-state index in [0.29, 0.717) is 12.2 Å². The number of carbonyl (C=O) groups is 2. The van der Waals surface area contributed by atoms with E-state index >= 15 is 0 Å². The summed E-state index contributed by atoms with van der Waals surface area (Å²) < 4.78 is 15.1. The minimum absolute atomic E-state index is 0.188. The molecule has 1 heterocycles. The summed E-state index contributed by atoms with van der Waals surface area (Å²) in [6.45, 7) is 5.92. The second kappa shape index (κ2) is 7.94. The maximum Gasteiger partial charge on any atom is 0.338 e. The van der Waals surface area contributed by atoms with Gasteiger partial charge in [-0.1, -0.05) is 38.1 Å². The number of ether oxygens (including phenoxy) is 2. The van der Waals surface area contributed by atoms with E-state index in [1.807, 2.05) is 26.8 Å². The van der Waals surface area contributed by atoms with Gasteiger partial charge < -0.3 is 14.0 Å². The summed E-state index contributed by atoms with van der Waals surface area (Å²) in [5.41, 5.74) is 1.73. The third-order valence-electron chi connectivity index (χ3n) is 3.35. The monoisotopic (exact) mass is 346 g/mol. The van der Waals surface area contributed by atoms with E-state index in [9.17, 15) is 9.59 Å². The van der Waals surface area contributed by atoms with Gasteiger partial charge in [-0.3, -0.25) is 10.1 Å². The summed E-state index contributed by atoms with van der Waals surface area (Å²) in [5.74, 6) is -0.868. The van der Waals surface area contributed by atoms with Gasteiger partial charge in [0.2, 0.25) is 5.88 Å². The molecule has 0 atom stereocenters. The van der Waals surface area contributed by atoms with Gasteiger partial charge in [0.15, 0.2) is 6.61 Å². The van der Waals surface area contributed by atoms with Gasteiger partial charge in [0.1, 0.15) is 0 Å². The molecule has 1 N–H and O–H groups in total. The number of nitrogens with one attached hydrogen (secondary N) is 1. The van der Waals surface area contributed by atoms with Crippen LogP contribution in [0.15, 0.2) is 34.9 Å². The molecule has 0 bridgehead atoms. The van der Waals surface area contributed by atoms with Gasteiger partial charge in [0, 0.05) is 18.6 Å². The van der Waals surface area contributed by atoms with Crippen LogP contribution in [-0.2, 0) is 26.3 Å². The van der Waals surface area contributed by atoms with Crippen molar-refractivity contribution in [3.8, 4) is 0 Å². The van der Waals surface area contributed by atoms with Crippen molar-refractivity contribution < 1.29 is 23.6 Å². The Balaban J connectivity index is 1.88. The fourth-order valence-electron chi connectivity index (χ4n) is 2.03. The number of amides is 1. The minimum Gasteiger partial charge on any atom is -0.452 e. The first-order chi connectivity index (χ1) is 11.8. The van der Waals surface area contributed by atoms with Gasteiger partial charge in [-0.25, -0.2) is 4.79 Å². The quantitative estimate of drug-likeness (QED) is 0.809. The van der Waals surface area contributed by atoms with Crippen molar-refractivity contribution >= 4 is 17.8 Å². The van der Waals surface area contributed by atoms with Crippen LogP contribution < -0.4 is 5.32 Å². The normalized spacial score (nSPS) is 11.2. The number of rotatable bonds is 6. The predicted molar refractivity (Wildman–Crippen MR) is 91.3 cm³/mol. The molecule has 7 nitrogen and oxygen atoms in total. The molecule has 0 aliphatic heterocycles. The minimum atomic E-state index is -0.582. The first kappa shape index (κ1) is 18.7. The fourth-order valence-corrected chi connectivity index (χ4v) is 2.03. The van der Waals surface area contributed by atoms with Crippen LogP contribution in [0, 0.1) is 0 Å². The Morgan fingerprint density at radius 1 is 1.24 bits per heavy atom. The zero-order valence-corrected chi connectivity index (χ0v) is 14.8. The lowest BCUT2D eigenvalue weighted by Gasteiger charge is -2.12. The second-order valence-electron chi connectivity index (χ2n) is 6.58. The first-order valence-electron chi connectivity index (χ1n) is 7.81. The number of benzene rings is 1. The summed E-state index contributed by atoms with van der Waals surface area (Å²) in [4.78, 5) is 23.9. The summed E-state index contributed by atoms with van der Waals surface area (Å²) in [6.07, 6.45) is 0. The van der Waals surface area contributed by atoms with Crippen LogP contribution in [0.4, 0.5) is 5.88 Å². The molecule has 2 rings (SSSR count). The number of hydrogen-bond acceptors (Lipinski definition) is 6. The van der Waals surface area contributed by atoms with E-state index in [0.717, 1.165) is 11.3 Å². The largest absolute Gasteiger partial charge is 0.452 e. The maximum absolute atomic E-state index is 12.0. The van der Waals surface area contributed by atoms with Crippen LogP contribution in [0.3, 0.4) is 0 Å². The van der Waals surface area contributed by atoms with Crippen molar-refractivity contribution in [1.82, 2.24) is 5.16 Å². The number of nitrogens with zero attached hydrogens (tertiary/aromatic N) is 1. The van der Waals surface area contributed by atoms with Crippen molar-refractivity contribution in [3.05, 3.63) is 47.2 Å². The predicted octanol–water partition coefficient (Wildman–Crippen LogP) is 2.91. The van der Waals surface area contributed by atoms with Crippen LogP contribution in [-0.4, -0.2) is 30.7 Å². The molecule has 0 saturated heterocycles. The van der Waals surface area contributed by atoms with Crippen LogP contribution >= 0.6 is 0 Å². The van der Waals surface area contributed by atoms with E-state index in [4.69, 9.17) is 14.0 Å². The molecule has 0 unspecified atom stereocenters. The number of carbonyl (C=O) groups excluding carboxylic acids is 2. The van der Waals surface area contributed by atoms with Crippen molar-refractivity contribution in [2.24, 2.45) is 0 Å². The highest BCUT2D eigenvalue weighted by atomic mass is 16.5. The van der Waals surface area contributed by atoms with Crippen molar-refractivity contribution in [1.29, 1.82) is 0 Å². The SMILES string of the molecule is COCc1cccc(C(=O)OCC(=O)Nc2cc(C(C)(C)C)no2)c1. The topological polar surface area (TPSA) is 90.7 Å². The lowest BCUT2D eigenvalue weighted by atomic mass is 9.92. The Kier molecular flexibility index (Phi) is 5.93. The second-order valence-corrected chi connectivity index (χ2v) is 6.58. The highest BCUT2D eigenvalue weighted by Crippen LogP contribution is 2.23. The van der Waals surface area contributed by atoms with Crippen molar-refractivity contribution in [2.75, 3.05) is 19.0 Å². The lowest BCUT2D eigenvalue weighted by Crippen LogP contribution is -2.20. The Bertz CT molecular complexity index is 746. The van der Waals surface area contributed by atoms with Gasteiger partial charge in [-0.05, 0) is 17.7 Å². The number of aromatic nitrogens is 1. The molecule has 134 valence electrons. The zero-order valence-electron chi connectivity index (χ0n) is 14.8. The number of esters is 1. The van der Waals surface area contributed by atoms with E-state index < -0.39 is 18.5 Å². The smallest absolute Gasteiger partial charge is 0.338 e. The standard InChI is InChI=1S/C18H22N2O5/c1-18(2,3)14-9-16(25-20-14)19-15(21)11-24-17(22)13-7-5-6-12(8-13)10-23-4/h5-9H,10-11H2,1-4H3,(H,19,21). The molecule has 25 heavy (non-hydrogen) atoms. The Morgan fingerprint density at radius 2 is 2.00 bits per heavy atom. The average molecular weight is 346 g/mol. The Hall–Kier alpha value is -2.67. The zero-order chi connectivity index (χ0) is 18.4. The Labute approximate surface area is 146 Å². The summed E-state index contributed by atoms with van der Waals surface area (Å²) in [5, 5.41) is 6.41. The van der Waals surface area contributed by atoms with E-state index in [2.05, 4.69) is 10.5 Å². The highest BCUT2D eigenvalue weighted by Gasteiger charge is 2.20. The molecule has 0 spiro atoms. The van der Waals surface area contributed by atoms with Gasteiger partial charge in [-0.2, -0.15) is 0 Å². The molecule has 1 amide bonds. The molecule has 7 heteroatoms. The van der Waals surface area contributed by atoms with Gasteiger partial charge in [0.05, 0.1) is 17.9 Å². The summed E-state index contributed by atoms with van der Waals surface area (Å²) in [7, 11) is 1.57. The van der Waals surface area contributed by atoms with Crippen LogP contribution in [0.1, 0.15) is 42.4 Å². The van der Waals surface area contributed by atoms with Crippen molar-refractivity contribution in [2.45, 2.75) is 32.8 Å². The lowest BCUT2D eigenvalue weighted by molar-refractivity contribution is -0.119. The van der Waals surface area contributed by atoms with Crippen LogP contribution in [0.25, 0.3) is 0 Å². The molecule has 0 saturated carbocycles. The molecule has 0 aliphatic rings. The molecule has 0 radical (unpaired) electrons. The average Bonchev–Trinajstić information content (AvgIpc) is 3.02. The first-order valence-corrected chi connectivity index (χ1v) is 7.81. The third-order valence-corrected chi connectivity index (χ3v) is 3.35. The summed E-state index contributed by atoms with van der Waals surface area (Å²) >= 11 is 0. The van der Waals surface area contributed by atoms with Crippen LogP contribution in [0.5, 0.6) is 0 Å². The summed E-state index contributed by atoms with van der Waals surface area (Å²) in [6, 6.07) is 8.49. The molecule has 0 aliphatic carbocycles. The maximum atomic E-state index is 12.0. The van der Waals surface area contributed by atoms with Gasteiger partial charge in [0.25, 0.3) is 5.91 Å². The van der Waals surface area contributed by atoms with E-state index in [1.165, 1.54) is 0 Å². The van der Waals surface area contributed by atoms with E-state index in [-0.39, 0.29) is 11.3 Å². The molecular weight excluding hydrogens is 324 g/mol. The highest BCUT2D eigenvalue weighted by molar-refractivity contribution is 5.94. The molecular formula is C18H22N2O5. The van der Waals surface area contributed by atoms with Gasteiger partial charge >= 0.3 is 5.97 Å². The molecule has 1 aromatic carbocycles. The number of methoxy groups -OCH3 is 1. The van der Waals surface area contributed by atoms with E-state index in [1.54, 1.807) is 31.4 Å². The fraction of sp³-hybridized carbons (Fsp3) is 0.389. The molecule has 0 fully saturated rings. The van der Waals surface area contributed by atoms with Crippen LogP contribution in [0.2, 0.25) is 0 Å². The molecule has 2 aromatic rings. The third kappa shape index (κ3) is 5.42. The number of hydrogen-bond donors (Lipinski definition) is 1. The molecule has 1 aromatic heterocycles. The van der Waals surface area contributed by atoms with Gasteiger partial charge in [-0.15, -0.1) is 0 Å². The van der Waals surface area contributed by atoms with Crippen molar-refractivity contribution in [3.63, 3.8) is 0 Å².